The Kier molecular flexibility index (Phi) is 9.50. The molecule has 1 aliphatic carbocycles. The molecule has 2 unspecified atom stereocenters. The number of fused-ring (bicyclic) bond motifs is 1. The van der Waals surface area contributed by atoms with E-state index in [9.17, 15) is 33.0 Å². The summed E-state index contributed by atoms with van der Waals surface area (Å²) < 4.78 is 52.5. The van der Waals surface area contributed by atoms with Crippen LogP contribution in [0.3, 0.4) is 0 Å². The molecule has 11 heteroatoms. The maximum atomic E-state index is 14.0. The number of oxazole rings is 1. The molecule has 0 spiro atoms. The predicted octanol–water partition coefficient (Wildman–Crippen LogP) is 4.38. The number of aliphatic hydroxyl groups excluding tert-OH is 3. The van der Waals surface area contributed by atoms with Gasteiger partial charge in [-0.3, -0.25) is 9.59 Å². The van der Waals surface area contributed by atoms with Gasteiger partial charge in [0.15, 0.2) is 0 Å². The number of ether oxygens (including phenoxy) is 1. The highest BCUT2D eigenvalue weighted by atomic mass is 19.4. The number of hydrogen-bond acceptors (Lipinski definition) is 8. The van der Waals surface area contributed by atoms with Crippen molar-refractivity contribution in [1.29, 1.82) is 0 Å². The summed E-state index contributed by atoms with van der Waals surface area (Å²) in [5.74, 6) is -3.08. The number of halogens is 3. The van der Waals surface area contributed by atoms with Crippen LogP contribution in [0.1, 0.15) is 71.9 Å². The van der Waals surface area contributed by atoms with E-state index in [2.05, 4.69) is 4.98 Å². The molecule has 39 heavy (non-hydrogen) atoms. The van der Waals surface area contributed by atoms with E-state index in [-0.39, 0.29) is 36.3 Å². The average Bonchev–Trinajstić information content (AvgIpc) is 3.49. The topological polar surface area (TPSA) is 130 Å². The van der Waals surface area contributed by atoms with E-state index in [1.807, 2.05) is 0 Å². The van der Waals surface area contributed by atoms with Crippen molar-refractivity contribution in [3.05, 3.63) is 35.1 Å². The van der Waals surface area contributed by atoms with Gasteiger partial charge >= 0.3 is 12.1 Å². The van der Waals surface area contributed by atoms with Gasteiger partial charge in [0, 0.05) is 17.9 Å². The summed E-state index contributed by atoms with van der Waals surface area (Å²) in [6.45, 7) is 7.38. The Balaban J connectivity index is 1.98. The van der Waals surface area contributed by atoms with Crippen LogP contribution < -0.4 is 0 Å². The Morgan fingerprint density at radius 1 is 1.21 bits per heavy atom. The quantitative estimate of drug-likeness (QED) is 0.369. The molecule has 8 nitrogen and oxygen atoms in total. The average molecular weight is 558 g/mol. The Bertz CT molecular complexity index is 1110. The van der Waals surface area contributed by atoms with Crippen LogP contribution in [-0.4, -0.2) is 56.5 Å². The molecule has 1 fully saturated rings. The van der Waals surface area contributed by atoms with Crippen LogP contribution in [0, 0.1) is 29.1 Å². The molecule has 3 N–H and O–H groups in total. The highest BCUT2D eigenvalue weighted by Gasteiger charge is 2.49. The molecule has 218 valence electrons. The van der Waals surface area contributed by atoms with E-state index < -0.39 is 72.1 Å². The number of rotatable bonds is 3. The minimum atomic E-state index is -4.60. The highest BCUT2D eigenvalue weighted by Crippen LogP contribution is 2.51. The Labute approximate surface area is 225 Å². The molecule has 2 heterocycles. The summed E-state index contributed by atoms with van der Waals surface area (Å²) in [6.07, 6.45) is -5.09. The molecule has 1 aliphatic heterocycles. The number of esters is 1. The van der Waals surface area contributed by atoms with Gasteiger partial charge in [0.1, 0.15) is 30.5 Å². The van der Waals surface area contributed by atoms with Gasteiger partial charge in [0.25, 0.3) is 0 Å². The van der Waals surface area contributed by atoms with Gasteiger partial charge < -0.3 is 24.5 Å². The highest BCUT2D eigenvalue weighted by molar-refractivity contribution is 5.88. The summed E-state index contributed by atoms with van der Waals surface area (Å²) in [5.41, 5.74) is -1.47. The number of allylic oxidation sites excluding steroid dienone is 1. The third-order valence-electron chi connectivity index (χ3n) is 8.23. The molecule has 0 aromatic carbocycles. The summed E-state index contributed by atoms with van der Waals surface area (Å²) in [4.78, 5) is 30.1. The summed E-state index contributed by atoms with van der Waals surface area (Å²) in [6, 6.07) is 0. The second-order valence-corrected chi connectivity index (χ2v) is 11.5. The fraction of sp³-hybridized carbons (Fsp3) is 0.679. The van der Waals surface area contributed by atoms with Gasteiger partial charge in [-0.2, -0.15) is 13.2 Å². The smallest absolute Gasteiger partial charge is 0.412 e. The van der Waals surface area contributed by atoms with Crippen LogP contribution in [0.25, 0.3) is 6.08 Å². The number of nitrogens with zero attached hydrogens (tertiary/aromatic N) is 1. The van der Waals surface area contributed by atoms with Crippen LogP contribution in [-0.2, 0) is 20.9 Å². The number of cyclic esters (lactones) is 1. The van der Waals surface area contributed by atoms with Gasteiger partial charge in [-0.05, 0) is 49.2 Å². The van der Waals surface area contributed by atoms with E-state index in [1.54, 1.807) is 13.8 Å². The van der Waals surface area contributed by atoms with Gasteiger partial charge in [0.05, 0.1) is 24.0 Å². The molecule has 0 saturated heterocycles. The molecule has 7 atom stereocenters. The number of aliphatic hydroxyl groups is 3. The first kappa shape index (κ1) is 31.0. The van der Waals surface area contributed by atoms with Crippen molar-refractivity contribution in [2.24, 2.45) is 29.1 Å². The lowest BCUT2D eigenvalue weighted by molar-refractivity contribution is -0.154. The van der Waals surface area contributed by atoms with Crippen molar-refractivity contribution in [2.75, 3.05) is 0 Å². The fourth-order valence-corrected chi connectivity index (χ4v) is 5.35. The van der Waals surface area contributed by atoms with Crippen molar-refractivity contribution < 1.29 is 47.2 Å². The summed E-state index contributed by atoms with van der Waals surface area (Å²) in [7, 11) is 0. The molecule has 0 radical (unpaired) electrons. The molecule has 1 aromatic rings. The number of aromatic nitrogens is 1. The summed E-state index contributed by atoms with van der Waals surface area (Å²) in [5, 5.41) is 30.9. The standard InChI is InChI=1S/C28H38F3NO7/c1-14(8-19-13-38-23(12-33)32-19)21-7-6-18(28(29,30)31)9-17-10-20(17)15(2)25(36)16(3)26(37)27(4,5)22(34)11-24(35)39-21/h6,8,13,15-17,20-22,25,33-34,36H,7,9-12H2,1-5H3/b14-8+,18-6+/t15-,16+,17?,20?,21+,22-,25-/m0/s1. The van der Waals surface area contributed by atoms with Crippen LogP contribution in [0.4, 0.5) is 13.2 Å². The monoisotopic (exact) mass is 557 g/mol. The minimum absolute atomic E-state index is 0.0471. The maximum Gasteiger partial charge on any atom is 0.412 e. The van der Waals surface area contributed by atoms with E-state index in [0.717, 1.165) is 6.08 Å². The first-order valence-corrected chi connectivity index (χ1v) is 13.2. The Morgan fingerprint density at radius 3 is 2.46 bits per heavy atom. The zero-order valence-electron chi connectivity index (χ0n) is 22.9. The van der Waals surface area contributed by atoms with Gasteiger partial charge in [-0.15, -0.1) is 0 Å². The number of carbonyl (C=O) groups excluding carboxylic acids is 2. The molecule has 1 aromatic heterocycles. The molecular weight excluding hydrogens is 519 g/mol. The number of carbonyl (C=O) groups is 2. The molecule has 0 bridgehead atoms. The zero-order valence-corrected chi connectivity index (χ0v) is 22.9. The molecule has 1 saturated carbocycles. The van der Waals surface area contributed by atoms with E-state index in [1.165, 1.54) is 33.1 Å². The number of ketones is 1. The van der Waals surface area contributed by atoms with Gasteiger partial charge in [-0.25, -0.2) is 4.98 Å². The first-order valence-electron chi connectivity index (χ1n) is 13.2. The number of hydrogen-bond donors (Lipinski definition) is 3. The second-order valence-electron chi connectivity index (χ2n) is 11.5. The lowest BCUT2D eigenvalue weighted by Gasteiger charge is -2.34. The molecule has 3 rings (SSSR count). The fourth-order valence-electron chi connectivity index (χ4n) is 5.35. The first-order chi connectivity index (χ1) is 18.1. The van der Waals surface area contributed by atoms with Crippen molar-refractivity contribution in [3.63, 3.8) is 0 Å². The van der Waals surface area contributed by atoms with Gasteiger partial charge in [-0.1, -0.05) is 33.8 Å². The van der Waals surface area contributed by atoms with Crippen LogP contribution in [0.2, 0.25) is 0 Å². The molecule has 0 amide bonds. The zero-order chi connectivity index (χ0) is 29.3. The number of Topliss-reactive ketones (excluding diaryl/α,β-unsaturated/α-hetero) is 1. The Morgan fingerprint density at radius 2 is 1.87 bits per heavy atom. The third kappa shape index (κ3) is 7.37. The largest absolute Gasteiger partial charge is 0.457 e. The van der Waals surface area contributed by atoms with Crippen molar-refractivity contribution >= 4 is 17.8 Å². The van der Waals surface area contributed by atoms with Crippen molar-refractivity contribution in [3.8, 4) is 0 Å². The lowest BCUT2D eigenvalue weighted by atomic mass is 9.72. The maximum absolute atomic E-state index is 14.0. The van der Waals surface area contributed by atoms with Crippen LogP contribution >= 0.6 is 0 Å². The Hall–Kier alpha value is -2.50. The summed E-state index contributed by atoms with van der Waals surface area (Å²) >= 11 is 0. The predicted molar refractivity (Wildman–Crippen MR) is 135 cm³/mol. The van der Waals surface area contributed by atoms with Crippen molar-refractivity contribution in [2.45, 2.75) is 91.4 Å². The number of alkyl halides is 3. The lowest BCUT2D eigenvalue weighted by Crippen LogP contribution is -2.46. The van der Waals surface area contributed by atoms with E-state index >= 15 is 0 Å². The third-order valence-corrected chi connectivity index (χ3v) is 8.23. The minimum Gasteiger partial charge on any atom is -0.457 e. The van der Waals surface area contributed by atoms with E-state index in [0.29, 0.717) is 12.0 Å². The van der Waals surface area contributed by atoms with Crippen LogP contribution in [0.15, 0.2) is 27.9 Å². The second kappa shape index (κ2) is 11.9. The molecular formula is C28H38F3NO7. The SMILES string of the molecule is C/C(=C\c1coc(CO)n1)[C@H]1C/C=C(/C(F)(F)F)CC2CC2[C@H](C)[C@H](O)[C@@H](C)C(=O)C(C)(C)[C@@H](O)CC(=O)O1. The van der Waals surface area contributed by atoms with Crippen molar-refractivity contribution in [1.82, 2.24) is 4.98 Å². The van der Waals surface area contributed by atoms with Gasteiger partial charge in [0.2, 0.25) is 5.89 Å². The molecule has 2 aliphatic rings. The van der Waals surface area contributed by atoms with Crippen LogP contribution in [0.5, 0.6) is 0 Å². The van der Waals surface area contributed by atoms with E-state index in [4.69, 9.17) is 14.3 Å². The normalized spacial score (nSPS) is 34.6.